The molecule has 1 amide bonds. The number of aromatic nitrogens is 2. The Hall–Kier alpha value is -2.74. The smallest absolute Gasteiger partial charge is 0.263 e. The lowest BCUT2D eigenvalue weighted by molar-refractivity contribution is -0.137. The number of carbonyl (C=O) groups excluding carboxylic acids is 1. The Labute approximate surface area is 147 Å². The number of nitrogens with zero attached hydrogens (tertiary/aromatic N) is 3. The molecule has 6 nitrogen and oxygen atoms in total. The fraction of sp³-hybridized carbons (Fsp3) is 0.235. The third kappa shape index (κ3) is 4.21. The summed E-state index contributed by atoms with van der Waals surface area (Å²) in [6, 6.07) is 9.31. The second-order valence-electron chi connectivity index (χ2n) is 5.40. The van der Waals surface area contributed by atoms with Gasteiger partial charge in [0.1, 0.15) is 11.6 Å². The maximum atomic E-state index is 12.9. The van der Waals surface area contributed by atoms with Crippen molar-refractivity contribution < 1.29 is 18.4 Å². The molecule has 130 valence electrons. The van der Waals surface area contributed by atoms with Crippen LogP contribution in [0.15, 0.2) is 46.3 Å². The molecule has 3 aromatic rings. The fourth-order valence-corrected chi connectivity index (χ4v) is 2.83. The lowest BCUT2D eigenvalue weighted by Gasteiger charge is -2.20. The summed E-state index contributed by atoms with van der Waals surface area (Å²) in [7, 11) is 1.63. The standard InChI is InChI=1S/C17H16FN3O3S/c1-11(23-13-7-5-12(18)6-8-13)17(22)21(2)10-15-19-16(20-24-15)14-4-3-9-25-14/h3-9,11H,10H2,1-2H3. The first-order valence-electron chi connectivity index (χ1n) is 7.56. The molecule has 0 saturated carbocycles. The number of halogens is 1. The molecule has 0 aliphatic heterocycles. The first-order valence-corrected chi connectivity index (χ1v) is 8.44. The molecular formula is C17H16FN3O3S. The third-order valence-corrected chi connectivity index (χ3v) is 4.30. The number of amides is 1. The number of rotatable bonds is 6. The first kappa shape index (κ1) is 17.1. The summed E-state index contributed by atoms with van der Waals surface area (Å²) in [5.41, 5.74) is 0. The van der Waals surface area contributed by atoms with Gasteiger partial charge in [-0.3, -0.25) is 4.79 Å². The van der Waals surface area contributed by atoms with Crippen LogP contribution in [0.25, 0.3) is 10.7 Å². The Morgan fingerprint density at radius 1 is 1.36 bits per heavy atom. The zero-order valence-corrected chi connectivity index (χ0v) is 14.5. The van der Waals surface area contributed by atoms with Gasteiger partial charge in [0.2, 0.25) is 11.7 Å². The monoisotopic (exact) mass is 361 g/mol. The molecule has 0 fully saturated rings. The topological polar surface area (TPSA) is 68.5 Å². The van der Waals surface area contributed by atoms with Crippen molar-refractivity contribution in [3.63, 3.8) is 0 Å². The van der Waals surface area contributed by atoms with Gasteiger partial charge in [-0.2, -0.15) is 4.98 Å². The minimum atomic E-state index is -0.727. The number of hydrogen-bond acceptors (Lipinski definition) is 6. The number of hydrogen-bond donors (Lipinski definition) is 0. The van der Waals surface area contributed by atoms with Crippen molar-refractivity contribution in [2.45, 2.75) is 19.6 Å². The average Bonchev–Trinajstić information content (AvgIpc) is 3.27. The van der Waals surface area contributed by atoms with E-state index in [9.17, 15) is 9.18 Å². The molecule has 0 bridgehead atoms. The summed E-state index contributed by atoms with van der Waals surface area (Å²) in [6.45, 7) is 1.81. The van der Waals surface area contributed by atoms with E-state index in [4.69, 9.17) is 9.26 Å². The second-order valence-corrected chi connectivity index (χ2v) is 6.35. The Bertz CT molecular complexity index is 833. The zero-order valence-electron chi connectivity index (χ0n) is 13.7. The van der Waals surface area contributed by atoms with E-state index in [-0.39, 0.29) is 18.3 Å². The maximum Gasteiger partial charge on any atom is 0.263 e. The van der Waals surface area contributed by atoms with E-state index in [1.807, 2.05) is 17.5 Å². The van der Waals surface area contributed by atoms with E-state index < -0.39 is 6.10 Å². The Morgan fingerprint density at radius 2 is 2.12 bits per heavy atom. The minimum absolute atomic E-state index is 0.175. The van der Waals surface area contributed by atoms with Gasteiger partial charge in [0.05, 0.1) is 11.4 Å². The molecule has 0 aliphatic rings. The van der Waals surface area contributed by atoms with E-state index in [2.05, 4.69) is 10.1 Å². The number of benzene rings is 1. The summed E-state index contributed by atoms with van der Waals surface area (Å²) >= 11 is 1.51. The van der Waals surface area contributed by atoms with Crippen LogP contribution in [0.1, 0.15) is 12.8 Å². The molecule has 25 heavy (non-hydrogen) atoms. The van der Waals surface area contributed by atoms with Gasteiger partial charge >= 0.3 is 0 Å². The predicted molar refractivity (Wildman–Crippen MR) is 90.6 cm³/mol. The molecule has 3 rings (SSSR count). The Kier molecular flexibility index (Phi) is 5.08. The molecule has 2 heterocycles. The highest BCUT2D eigenvalue weighted by atomic mass is 32.1. The number of ether oxygens (including phenoxy) is 1. The first-order chi connectivity index (χ1) is 12.0. The number of likely N-dealkylation sites (N-methyl/N-ethyl adjacent to an activating group) is 1. The van der Waals surface area contributed by atoms with E-state index in [0.717, 1.165) is 4.88 Å². The summed E-state index contributed by atoms with van der Waals surface area (Å²) in [5, 5.41) is 5.84. The summed E-state index contributed by atoms with van der Waals surface area (Å²) < 4.78 is 23.6. The average molecular weight is 361 g/mol. The van der Waals surface area contributed by atoms with Gasteiger partial charge in [0, 0.05) is 7.05 Å². The van der Waals surface area contributed by atoms with Crippen molar-refractivity contribution in [1.29, 1.82) is 0 Å². The lowest BCUT2D eigenvalue weighted by atomic mass is 10.3. The van der Waals surface area contributed by atoms with Crippen LogP contribution >= 0.6 is 11.3 Å². The van der Waals surface area contributed by atoms with Gasteiger partial charge in [0.25, 0.3) is 5.91 Å². The van der Waals surface area contributed by atoms with Crippen molar-refractivity contribution in [3.8, 4) is 16.5 Å². The van der Waals surface area contributed by atoms with Crippen LogP contribution < -0.4 is 4.74 Å². The highest BCUT2D eigenvalue weighted by Crippen LogP contribution is 2.21. The summed E-state index contributed by atoms with van der Waals surface area (Å²) in [5.74, 6) is 0.657. The van der Waals surface area contributed by atoms with Crippen molar-refractivity contribution in [1.82, 2.24) is 15.0 Å². The van der Waals surface area contributed by atoms with E-state index in [0.29, 0.717) is 17.5 Å². The van der Waals surface area contributed by atoms with Crippen LogP contribution in [0.2, 0.25) is 0 Å². The highest BCUT2D eigenvalue weighted by Gasteiger charge is 2.21. The maximum absolute atomic E-state index is 12.9. The normalized spacial score (nSPS) is 12.0. The third-order valence-electron chi connectivity index (χ3n) is 3.43. The molecule has 1 atom stereocenters. The molecule has 0 saturated heterocycles. The molecule has 1 unspecified atom stereocenters. The van der Waals surface area contributed by atoms with Crippen LogP contribution in [-0.4, -0.2) is 34.1 Å². The molecule has 2 aromatic heterocycles. The lowest BCUT2D eigenvalue weighted by Crippen LogP contribution is -2.37. The van der Waals surface area contributed by atoms with Crippen LogP contribution in [-0.2, 0) is 11.3 Å². The molecule has 1 aromatic carbocycles. The van der Waals surface area contributed by atoms with Crippen molar-refractivity contribution >= 4 is 17.2 Å². The Morgan fingerprint density at radius 3 is 2.80 bits per heavy atom. The molecule has 0 N–H and O–H groups in total. The summed E-state index contributed by atoms with van der Waals surface area (Å²) in [6.07, 6.45) is -0.727. The van der Waals surface area contributed by atoms with Crippen LogP contribution in [0.4, 0.5) is 4.39 Å². The molecule has 0 aliphatic carbocycles. The van der Waals surface area contributed by atoms with Gasteiger partial charge in [-0.15, -0.1) is 11.3 Å². The van der Waals surface area contributed by atoms with Crippen LogP contribution in [0, 0.1) is 5.82 Å². The highest BCUT2D eigenvalue weighted by molar-refractivity contribution is 7.13. The number of thiophene rings is 1. The van der Waals surface area contributed by atoms with E-state index in [1.54, 1.807) is 14.0 Å². The van der Waals surface area contributed by atoms with Crippen molar-refractivity contribution in [2.24, 2.45) is 0 Å². The predicted octanol–water partition coefficient (Wildman–Crippen LogP) is 3.36. The van der Waals surface area contributed by atoms with Crippen LogP contribution in [0.5, 0.6) is 5.75 Å². The van der Waals surface area contributed by atoms with Gasteiger partial charge in [-0.05, 0) is 42.6 Å². The van der Waals surface area contributed by atoms with Crippen LogP contribution in [0.3, 0.4) is 0 Å². The molecule has 0 radical (unpaired) electrons. The molecule has 8 heteroatoms. The molecule has 0 spiro atoms. The van der Waals surface area contributed by atoms with Crippen molar-refractivity contribution in [2.75, 3.05) is 7.05 Å². The zero-order chi connectivity index (χ0) is 17.8. The largest absolute Gasteiger partial charge is 0.481 e. The molecular weight excluding hydrogens is 345 g/mol. The fourth-order valence-electron chi connectivity index (χ4n) is 2.18. The summed E-state index contributed by atoms with van der Waals surface area (Å²) in [4.78, 5) is 19.0. The SMILES string of the molecule is CC(Oc1ccc(F)cc1)C(=O)N(C)Cc1nc(-c2cccs2)no1. The Balaban J connectivity index is 1.59. The van der Waals surface area contributed by atoms with Gasteiger partial charge in [-0.1, -0.05) is 11.2 Å². The second kappa shape index (κ2) is 7.43. The van der Waals surface area contributed by atoms with Gasteiger partial charge in [-0.25, -0.2) is 4.39 Å². The van der Waals surface area contributed by atoms with Gasteiger partial charge in [0.15, 0.2) is 6.10 Å². The van der Waals surface area contributed by atoms with E-state index >= 15 is 0 Å². The van der Waals surface area contributed by atoms with E-state index in [1.165, 1.54) is 40.5 Å². The quantitative estimate of drug-likeness (QED) is 0.673. The van der Waals surface area contributed by atoms with Gasteiger partial charge < -0.3 is 14.2 Å². The number of carbonyl (C=O) groups is 1. The van der Waals surface area contributed by atoms with Crippen molar-refractivity contribution in [3.05, 3.63) is 53.5 Å². The minimum Gasteiger partial charge on any atom is -0.481 e.